The minimum Gasteiger partial charge on any atom is -0.508 e. The minimum absolute atomic E-state index is 0.227. The van der Waals surface area contributed by atoms with E-state index < -0.39 is 5.41 Å². The molecule has 0 aliphatic rings. The van der Waals surface area contributed by atoms with E-state index in [1.54, 1.807) is 30.3 Å². The standard InChI is InChI=1S/C27H24O3/c1-27(22-10-14-24(28)15-11-22,23-12-16-25(29)17-13-23)21-8-6-19(7-9-21)18-20-4-2-3-5-26(20)30/h2-17,28-30H,18H2,1H3. The van der Waals surface area contributed by atoms with E-state index in [1.165, 1.54) is 0 Å². The maximum atomic E-state index is 10.1. The van der Waals surface area contributed by atoms with Gasteiger partial charge in [-0.25, -0.2) is 0 Å². The first-order chi connectivity index (χ1) is 14.5. The van der Waals surface area contributed by atoms with Crippen molar-refractivity contribution >= 4 is 0 Å². The summed E-state index contributed by atoms with van der Waals surface area (Å²) in [5.74, 6) is 0.759. The number of para-hydroxylation sites is 1. The summed E-state index contributed by atoms with van der Waals surface area (Å²) in [6.45, 7) is 2.14. The van der Waals surface area contributed by atoms with Crippen LogP contribution in [-0.2, 0) is 11.8 Å². The minimum atomic E-state index is -0.463. The molecule has 3 heteroatoms. The Labute approximate surface area is 176 Å². The molecule has 0 radical (unpaired) electrons. The molecule has 4 aromatic carbocycles. The number of hydrogen-bond acceptors (Lipinski definition) is 3. The van der Waals surface area contributed by atoms with Crippen molar-refractivity contribution in [3.05, 3.63) is 125 Å². The first kappa shape index (κ1) is 19.6. The van der Waals surface area contributed by atoms with Gasteiger partial charge in [0.05, 0.1) is 0 Å². The van der Waals surface area contributed by atoms with Crippen molar-refractivity contribution in [2.45, 2.75) is 18.8 Å². The summed E-state index contributed by atoms with van der Waals surface area (Å²) in [6, 6.07) is 30.3. The third-order valence-electron chi connectivity index (χ3n) is 5.81. The molecule has 0 aromatic heterocycles. The Kier molecular flexibility index (Phi) is 5.20. The van der Waals surface area contributed by atoms with E-state index in [-0.39, 0.29) is 11.5 Å². The highest BCUT2D eigenvalue weighted by atomic mass is 16.3. The monoisotopic (exact) mass is 396 g/mol. The van der Waals surface area contributed by atoms with Crippen molar-refractivity contribution in [2.75, 3.05) is 0 Å². The Hall–Kier alpha value is -3.72. The molecule has 4 rings (SSSR count). The van der Waals surface area contributed by atoms with E-state index in [0.717, 1.165) is 27.8 Å². The highest BCUT2D eigenvalue weighted by Crippen LogP contribution is 2.40. The molecular weight excluding hydrogens is 372 g/mol. The van der Waals surface area contributed by atoms with Crippen LogP contribution in [0.25, 0.3) is 0 Å². The van der Waals surface area contributed by atoms with Gasteiger partial charge < -0.3 is 15.3 Å². The molecule has 0 spiro atoms. The Balaban J connectivity index is 1.75. The van der Waals surface area contributed by atoms with E-state index in [0.29, 0.717) is 12.2 Å². The van der Waals surface area contributed by atoms with Gasteiger partial charge in [0.25, 0.3) is 0 Å². The number of phenolic OH excluding ortho intramolecular Hbond substituents is 3. The summed E-state index contributed by atoms with van der Waals surface area (Å²) < 4.78 is 0. The number of aromatic hydroxyl groups is 3. The lowest BCUT2D eigenvalue weighted by Gasteiger charge is -2.32. The van der Waals surface area contributed by atoms with Gasteiger partial charge in [-0.2, -0.15) is 0 Å². The molecule has 0 fully saturated rings. The van der Waals surface area contributed by atoms with Gasteiger partial charge in [-0.05, 0) is 65.1 Å². The maximum Gasteiger partial charge on any atom is 0.119 e. The van der Waals surface area contributed by atoms with Crippen LogP contribution in [0.3, 0.4) is 0 Å². The predicted molar refractivity (Wildman–Crippen MR) is 119 cm³/mol. The van der Waals surface area contributed by atoms with Gasteiger partial charge in [-0.1, -0.05) is 66.7 Å². The third kappa shape index (κ3) is 3.74. The van der Waals surface area contributed by atoms with Crippen LogP contribution in [0.4, 0.5) is 0 Å². The molecule has 0 heterocycles. The molecule has 0 atom stereocenters. The molecule has 3 nitrogen and oxygen atoms in total. The van der Waals surface area contributed by atoms with Gasteiger partial charge >= 0.3 is 0 Å². The summed E-state index contributed by atoms with van der Waals surface area (Å²) in [5, 5.41) is 29.5. The maximum absolute atomic E-state index is 10.1. The fourth-order valence-electron chi connectivity index (χ4n) is 3.93. The molecule has 0 saturated heterocycles. The van der Waals surface area contributed by atoms with Crippen LogP contribution in [0.5, 0.6) is 17.2 Å². The van der Waals surface area contributed by atoms with Crippen LogP contribution in [0.15, 0.2) is 97.1 Å². The number of phenols is 3. The number of rotatable bonds is 5. The van der Waals surface area contributed by atoms with Crippen LogP contribution >= 0.6 is 0 Å². The van der Waals surface area contributed by atoms with Crippen LogP contribution < -0.4 is 0 Å². The van der Waals surface area contributed by atoms with Crippen molar-refractivity contribution in [1.29, 1.82) is 0 Å². The van der Waals surface area contributed by atoms with Gasteiger partial charge in [-0.3, -0.25) is 0 Å². The topological polar surface area (TPSA) is 60.7 Å². The van der Waals surface area contributed by atoms with Gasteiger partial charge in [0.2, 0.25) is 0 Å². The van der Waals surface area contributed by atoms with Gasteiger partial charge in [-0.15, -0.1) is 0 Å². The summed E-state index contributed by atoms with van der Waals surface area (Å²) in [4.78, 5) is 0. The van der Waals surface area contributed by atoms with Gasteiger partial charge in [0.1, 0.15) is 17.2 Å². The summed E-state index contributed by atoms with van der Waals surface area (Å²) in [6.07, 6.45) is 0.655. The first-order valence-electron chi connectivity index (χ1n) is 9.92. The highest BCUT2D eigenvalue weighted by molar-refractivity contribution is 5.51. The average Bonchev–Trinajstić information content (AvgIpc) is 2.76. The van der Waals surface area contributed by atoms with Crippen molar-refractivity contribution in [1.82, 2.24) is 0 Å². The average molecular weight is 396 g/mol. The van der Waals surface area contributed by atoms with Crippen molar-refractivity contribution < 1.29 is 15.3 Å². The van der Waals surface area contributed by atoms with Gasteiger partial charge in [0, 0.05) is 11.8 Å². The van der Waals surface area contributed by atoms with Crippen LogP contribution in [0, 0.1) is 0 Å². The molecule has 0 bridgehead atoms. The van der Waals surface area contributed by atoms with Crippen molar-refractivity contribution in [2.24, 2.45) is 0 Å². The Morgan fingerprint density at radius 3 is 1.47 bits per heavy atom. The molecule has 30 heavy (non-hydrogen) atoms. The predicted octanol–water partition coefficient (Wildman–Crippen LogP) is 5.75. The lowest BCUT2D eigenvalue weighted by molar-refractivity contribution is 0.469. The van der Waals surface area contributed by atoms with Crippen molar-refractivity contribution in [3.8, 4) is 17.2 Å². The lowest BCUT2D eigenvalue weighted by Crippen LogP contribution is -2.25. The second kappa shape index (κ2) is 7.96. The van der Waals surface area contributed by atoms with Crippen LogP contribution in [-0.4, -0.2) is 15.3 Å². The molecule has 0 aliphatic carbocycles. The Morgan fingerprint density at radius 2 is 1.00 bits per heavy atom. The normalized spacial score (nSPS) is 11.4. The number of hydrogen-bond donors (Lipinski definition) is 3. The fraction of sp³-hybridized carbons (Fsp3) is 0.111. The second-order valence-electron chi connectivity index (χ2n) is 7.72. The van der Waals surface area contributed by atoms with E-state index >= 15 is 0 Å². The quantitative estimate of drug-likeness (QED) is 0.377. The van der Waals surface area contributed by atoms with Crippen LogP contribution in [0.2, 0.25) is 0 Å². The molecule has 0 saturated carbocycles. The molecule has 0 aliphatic heterocycles. The first-order valence-corrected chi connectivity index (χ1v) is 9.92. The Morgan fingerprint density at radius 1 is 0.567 bits per heavy atom. The molecule has 4 aromatic rings. The largest absolute Gasteiger partial charge is 0.508 e. The summed E-state index contributed by atoms with van der Waals surface area (Å²) >= 11 is 0. The van der Waals surface area contributed by atoms with Gasteiger partial charge in [0.15, 0.2) is 0 Å². The van der Waals surface area contributed by atoms with E-state index in [9.17, 15) is 15.3 Å². The summed E-state index contributed by atoms with van der Waals surface area (Å²) in [5.41, 5.74) is 4.72. The highest BCUT2D eigenvalue weighted by Gasteiger charge is 2.31. The smallest absolute Gasteiger partial charge is 0.119 e. The SMILES string of the molecule is CC(c1ccc(O)cc1)(c1ccc(O)cc1)c1ccc(Cc2ccccc2O)cc1. The van der Waals surface area contributed by atoms with Crippen molar-refractivity contribution in [3.63, 3.8) is 0 Å². The van der Waals surface area contributed by atoms with E-state index in [4.69, 9.17) is 0 Å². The second-order valence-corrected chi connectivity index (χ2v) is 7.72. The molecule has 3 N–H and O–H groups in total. The van der Waals surface area contributed by atoms with E-state index in [1.807, 2.05) is 42.5 Å². The lowest BCUT2D eigenvalue weighted by atomic mass is 9.71. The fourth-order valence-corrected chi connectivity index (χ4v) is 3.93. The molecule has 150 valence electrons. The zero-order valence-corrected chi connectivity index (χ0v) is 16.8. The Bertz CT molecular complexity index is 1080. The zero-order valence-electron chi connectivity index (χ0n) is 16.8. The van der Waals surface area contributed by atoms with Crippen LogP contribution in [0.1, 0.15) is 34.7 Å². The summed E-state index contributed by atoms with van der Waals surface area (Å²) in [7, 11) is 0. The van der Waals surface area contributed by atoms with E-state index in [2.05, 4.69) is 31.2 Å². The molecular formula is C27H24O3. The third-order valence-corrected chi connectivity index (χ3v) is 5.81. The molecule has 0 amide bonds. The molecule has 0 unspecified atom stereocenters. The zero-order chi connectivity index (χ0) is 21.1. The number of benzene rings is 4.